The zero-order valence-corrected chi connectivity index (χ0v) is 21.7. The Morgan fingerprint density at radius 3 is 2.00 bits per heavy atom. The summed E-state index contributed by atoms with van der Waals surface area (Å²) in [5, 5.41) is 35.9. The topological polar surface area (TPSA) is 282 Å². The van der Waals surface area contributed by atoms with Crippen LogP contribution in [-0.2, 0) is 25.6 Å². The monoisotopic (exact) mass is 552 g/mol. The lowest BCUT2D eigenvalue weighted by Gasteiger charge is -2.24. The number of nitrogens with zero attached hydrogens (tertiary/aromatic N) is 1. The standard InChI is InChI=1S/C24H40N8O7/c25-10-2-1-4-16(26)20(35)31-18(12-14-6-8-15(34)9-7-14)21(36)32-19(13-33)22(37)30-17(23(38)39)5-3-11-29-24(27)28/h6-9,16-19,33-34H,1-5,10-13,25-26H2,(H,30,37)(H,31,35)(H,32,36)(H,38,39)(H4,27,28,29). The number of rotatable bonds is 18. The first-order chi connectivity index (χ1) is 18.5. The van der Waals surface area contributed by atoms with Gasteiger partial charge in [0.25, 0.3) is 0 Å². The molecule has 1 rings (SSSR count). The summed E-state index contributed by atoms with van der Waals surface area (Å²) in [5.41, 5.74) is 22.5. The minimum atomic E-state index is -1.51. The molecule has 15 nitrogen and oxygen atoms in total. The van der Waals surface area contributed by atoms with Gasteiger partial charge in [0.05, 0.1) is 12.6 Å². The van der Waals surface area contributed by atoms with E-state index in [-0.39, 0.29) is 37.5 Å². The molecular weight excluding hydrogens is 512 g/mol. The number of aliphatic imine (C=N–C) groups is 1. The lowest BCUT2D eigenvalue weighted by Crippen LogP contribution is -2.58. The summed E-state index contributed by atoms with van der Waals surface area (Å²) in [6.45, 7) is -0.241. The van der Waals surface area contributed by atoms with E-state index in [1.165, 1.54) is 12.1 Å². The molecular formula is C24H40N8O7. The molecule has 3 amide bonds. The fourth-order valence-electron chi connectivity index (χ4n) is 3.50. The summed E-state index contributed by atoms with van der Waals surface area (Å²) in [7, 11) is 0. The van der Waals surface area contributed by atoms with Gasteiger partial charge in [0, 0.05) is 13.0 Å². The molecule has 0 bridgehead atoms. The molecule has 0 saturated heterocycles. The van der Waals surface area contributed by atoms with Crippen LogP contribution >= 0.6 is 0 Å². The molecule has 0 saturated carbocycles. The molecule has 15 heteroatoms. The van der Waals surface area contributed by atoms with Crippen LogP contribution in [0.15, 0.2) is 29.3 Å². The summed E-state index contributed by atoms with van der Waals surface area (Å²) in [5.74, 6) is -3.80. The van der Waals surface area contributed by atoms with Gasteiger partial charge in [-0.2, -0.15) is 0 Å². The molecule has 0 radical (unpaired) electrons. The van der Waals surface area contributed by atoms with Crippen LogP contribution in [0.25, 0.3) is 0 Å². The second-order valence-corrected chi connectivity index (χ2v) is 8.91. The average molecular weight is 553 g/mol. The first kappa shape index (κ1) is 33.1. The van der Waals surface area contributed by atoms with Crippen LogP contribution in [0.5, 0.6) is 5.75 Å². The molecule has 1 aromatic rings. The number of aromatic hydroxyl groups is 1. The van der Waals surface area contributed by atoms with Crippen LogP contribution < -0.4 is 38.9 Å². The molecule has 4 atom stereocenters. The number of phenolic OH excluding ortho intramolecular Hbond substituents is 1. The van der Waals surface area contributed by atoms with Crippen molar-refractivity contribution in [3.8, 4) is 5.75 Å². The number of aliphatic hydroxyl groups is 1. The van der Waals surface area contributed by atoms with Crippen molar-refractivity contribution in [2.75, 3.05) is 19.7 Å². The highest BCUT2D eigenvalue weighted by atomic mass is 16.4. The summed E-state index contributed by atoms with van der Waals surface area (Å²) < 4.78 is 0. The lowest BCUT2D eigenvalue weighted by molar-refractivity contribution is -0.142. The second-order valence-electron chi connectivity index (χ2n) is 8.91. The van der Waals surface area contributed by atoms with Crippen molar-refractivity contribution in [2.24, 2.45) is 27.9 Å². The van der Waals surface area contributed by atoms with Crippen molar-refractivity contribution in [1.29, 1.82) is 0 Å². The predicted molar refractivity (Wildman–Crippen MR) is 143 cm³/mol. The fourth-order valence-corrected chi connectivity index (χ4v) is 3.50. The van der Waals surface area contributed by atoms with Crippen molar-refractivity contribution < 1.29 is 34.5 Å². The molecule has 14 N–H and O–H groups in total. The zero-order valence-electron chi connectivity index (χ0n) is 21.7. The van der Waals surface area contributed by atoms with Crippen molar-refractivity contribution in [3.63, 3.8) is 0 Å². The Kier molecular flexibility index (Phi) is 14.9. The third-order valence-corrected chi connectivity index (χ3v) is 5.69. The number of nitrogens with two attached hydrogens (primary N) is 4. The number of hydrogen-bond donors (Lipinski definition) is 10. The smallest absolute Gasteiger partial charge is 0.326 e. The molecule has 0 aliphatic heterocycles. The number of unbranched alkanes of at least 4 members (excludes halogenated alkanes) is 1. The van der Waals surface area contributed by atoms with Crippen LogP contribution in [0.1, 0.15) is 37.7 Å². The first-order valence-electron chi connectivity index (χ1n) is 12.5. The van der Waals surface area contributed by atoms with Crippen molar-refractivity contribution in [3.05, 3.63) is 29.8 Å². The van der Waals surface area contributed by atoms with Crippen LogP contribution in [0.4, 0.5) is 0 Å². The summed E-state index contributed by atoms with van der Waals surface area (Å²) in [6.07, 6.45) is 1.86. The fraction of sp³-hybridized carbons (Fsp3) is 0.542. The molecule has 0 aromatic heterocycles. The molecule has 0 spiro atoms. The van der Waals surface area contributed by atoms with Crippen LogP contribution in [-0.4, -0.2) is 88.8 Å². The molecule has 4 unspecified atom stereocenters. The Hall–Kier alpha value is -3.95. The number of guanidine groups is 1. The van der Waals surface area contributed by atoms with Gasteiger partial charge in [-0.25, -0.2) is 4.79 Å². The Morgan fingerprint density at radius 1 is 0.846 bits per heavy atom. The number of benzene rings is 1. The number of phenols is 1. The zero-order chi connectivity index (χ0) is 29.4. The molecule has 0 heterocycles. The van der Waals surface area contributed by atoms with Gasteiger partial charge in [0.1, 0.15) is 23.9 Å². The molecule has 0 aliphatic carbocycles. The Labute approximate surface area is 226 Å². The number of amides is 3. The first-order valence-corrected chi connectivity index (χ1v) is 12.5. The lowest BCUT2D eigenvalue weighted by atomic mass is 10.0. The molecule has 0 fully saturated rings. The highest BCUT2D eigenvalue weighted by molar-refractivity contribution is 5.94. The van der Waals surface area contributed by atoms with E-state index in [0.717, 1.165) is 0 Å². The molecule has 0 aliphatic rings. The van der Waals surface area contributed by atoms with Crippen LogP contribution in [0, 0.1) is 0 Å². The van der Waals surface area contributed by atoms with E-state index in [4.69, 9.17) is 22.9 Å². The Balaban J connectivity index is 2.94. The number of hydrogen-bond acceptors (Lipinski definition) is 9. The van der Waals surface area contributed by atoms with Crippen molar-refractivity contribution in [2.45, 2.75) is 62.7 Å². The van der Waals surface area contributed by atoms with Gasteiger partial charge in [0.2, 0.25) is 17.7 Å². The number of aliphatic carboxylic acids is 1. The Morgan fingerprint density at radius 2 is 1.44 bits per heavy atom. The third kappa shape index (κ3) is 12.9. The van der Waals surface area contributed by atoms with Gasteiger partial charge in [-0.1, -0.05) is 18.6 Å². The van der Waals surface area contributed by atoms with Gasteiger partial charge >= 0.3 is 5.97 Å². The maximum Gasteiger partial charge on any atom is 0.326 e. The number of carboxylic acid groups (broad SMARTS) is 1. The van der Waals surface area contributed by atoms with E-state index >= 15 is 0 Å². The highest BCUT2D eigenvalue weighted by Gasteiger charge is 2.30. The van der Waals surface area contributed by atoms with Gasteiger partial charge in [-0.3, -0.25) is 19.4 Å². The van der Waals surface area contributed by atoms with E-state index in [9.17, 15) is 34.5 Å². The van der Waals surface area contributed by atoms with Gasteiger partial charge in [-0.05, 0) is 49.9 Å². The number of carbonyl (C=O) groups excluding carboxylic acids is 3. The SMILES string of the molecule is NCCCCC(N)C(=O)NC(Cc1ccc(O)cc1)C(=O)NC(CO)C(=O)NC(CCCN=C(N)N)C(=O)O. The number of carbonyl (C=O) groups is 4. The maximum atomic E-state index is 13.1. The van der Waals surface area contributed by atoms with E-state index in [2.05, 4.69) is 20.9 Å². The van der Waals surface area contributed by atoms with E-state index in [1.54, 1.807) is 12.1 Å². The highest BCUT2D eigenvalue weighted by Crippen LogP contribution is 2.12. The second kappa shape index (κ2) is 17.5. The third-order valence-electron chi connectivity index (χ3n) is 5.69. The minimum Gasteiger partial charge on any atom is -0.508 e. The summed E-state index contributed by atoms with van der Waals surface area (Å²) >= 11 is 0. The largest absolute Gasteiger partial charge is 0.508 e. The Bertz CT molecular complexity index is 970. The number of nitrogens with one attached hydrogen (secondary N) is 3. The number of aliphatic hydroxyl groups excluding tert-OH is 1. The summed E-state index contributed by atoms with van der Waals surface area (Å²) in [6, 6.07) is 1.00. The van der Waals surface area contributed by atoms with E-state index in [1.807, 2.05) is 0 Å². The summed E-state index contributed by atoms with van der Waals surface area (Å²) in [4.78, 5) is 53.8. The van der Waals surface area contributed by atoms with Crippen LogP contribution in [0.2, 0.25) is 0 Å². The van der Waals surface area contributed by atoms with Crippen LogP contribution in [0.3, 0.4) is 0 Å². The molecule has 218 valence electrons. The maximum absolute atomic E-state index is 13.1. The quantitative estimate of drug-likeness (QED) is 0.0496. The van der Waals surface area contributed by atoms with Gasteiger partial charge in [-0.15, -0.1) is 0 Å². The minimum absolute atomic E-state index is 0.00834. The van der Waals surface area contributed by atoms with Crippen molar-refractivity contribution >= 4 is 29.7 Å². The van der Waals surface area contributed by atoms with E-state index < -0.39 is 54.5 Å². The van der Waals surface area contributed by atoms with Gasteiger partial charge in [0.15, 0.2) is 5.96 Å². The van der Waals surface area contributed by atoms with Gasteiger partial charge < -0.3 is 54.2 Å². The van der Waals surface area contributed by atoms with E-state index in [0.29, 0.717) is 31.4 Å². The molecule has 1 aromatic carbocycles. The predicted octanol–water partition coefficient (Wildman–Crippen LogP) is -3.02. The van der Waals surface area contributed by atoms with Crippen molar-refractivity contribution in [1.82, 2.24) is 16.0 Å². The molecule has 39 heavy (non-hydrogen) atoms. The normalized spacial score (nSPS) is 13.8. The number of carboxylic acids is 1. The average Bonchev–Trinajstić information content (AvgIpc) is 2.89.